The second-order valence-corrected chi connectivity index (χ2v) is 3.72. The molecule has 2 aliphatic heterocycles. The summed E-state index contributed by atoms with van der Waals surface area (Å²) >= 11 is 0. The monoisotopic (exact) mass is 170 g/mol. The standard InChI is InChI=1S/C8H18N4/c1-10-8(9)12-6-2-3-7(12)5-11-4-6/h6-8,10-11H,2-5,9H2,1H3. The fraction of sp³-hybridized carbons (Fsp3) is 1.00. The molecule has 3 atom stereocenters. The van der Waals surface area contributed by atoms with Crippen LogP contribution in [-0.2, 0) is 0 Å². The molecule has 4 heteroatoms. The predicted octanol–water partition coefficient (Wildman–Crippen LogP) is -1.12. The van der Waals surface area contributed by atoms with Gasteiger partial charge >= 0.3 is 0 Å². The molecule has 2 heterocycles. The van der Waals surface area contributed by atoms with Crippen LogP contribution in [0.1, 0.15) is 12.8 Å². The molecule has 0 amide bonds. The molecule has 3 unspecified atom stereocenters. The van der Waals surface area contributed by atoms with Crippen LogP contribution < -0.4 is 16.4 Å². The molecule has 2 aliphatic rings. The maximum atomic E-state index is 5.96. The molecule has 70 valence electrons. The molecule has 12 heavy (non-hydrogen) atoms. The van der Waals surface area contributed by atoms with Crippen LogP contribution >= 0.6 is 0 Å². The summed E-state index contributed by atoms with van der Waals surface area (Å²) in [5, 5.41) is 6.54. The van der Waals surface area contributed by atoms with Gasteiger partial charge in [0.2, 0.25) is 0 Å². The van der Waals surface area contributed by atoms with Crippen LogP contribution in [0.25, 0.3) is 0 Å². The molecule has 2 saturated heterocycles. The van der Waals surface area contributed by atoms with Crippen LogP contribution in [0.4, 0.5) is 0 Å². The number of fused-ring (bicyclic) bond motifs is 2. The lowest BCUT2D eigenvalue weighted by molar-refractivity contribution is 0.0861. The van der Waals surface area contributed by atoms with Crippen molar-refractivity contribution >= 4 is 0 Å². The van der Waals surface area contributed by atoms with Crippen molar-refractivity contribution in [3.05, 3.63) is 0 Å². The van der Waals surface area contributed by atoms with E-state index in [0.717, 1.165) is 13.1 Å². The Morgan fingerprint density at radius 2 is 2.00 bits per heavy atom. The van der Waals surface area contributed by atoms with E-state index in [2.05, 4.69) is 15.5 Å². The molecule has 4 nitrogen and oxygen atoms in total. The summed E-state index contributed by atoms with van der Waals surface area (Å²) in [4.78, 5) is 2.41. The minimum absolute atomic E-state index is 0.0459. The molecule has 0 aromatic carbocycles. The van der Waals surface area contributed by atoms with Gasteiger partial charge < -0.3 is 11.1 Å². The highest BCUT2D eigenvalue weighted by atomic mass is 15.4. The number of rotatable bonds is 2. The first-order chi connectivity index (χ1) is 5.83. The van der Waals surface area contributed by atoms with E-state index >= 15 is 0 Å². The van der Waals surface area contributed by atoms with Gasteiger partial charge in [-0.1, -0.05) is 0 Å². The summed E-state index contributed by atoms with van der Waals surface area (Å²) in [5.41, 5.74) is 5.96. The van der Waals surface area contributed by atoms with E-state index in [9.17, 15) is 0 Å². The first kappa shape index (κ1) is 8.44. The summed E-state index contributed by atoms with van der Waals surface area (Å²) in [6.07, 6.45) is 2.64. The molecule has 2 bridgehead atoms. The lowest BCUT2D eigenvalue weighted by atomic mass is 10.2. The average molecular weight is 170 g/mol. The number of hydrogen-bond donors (Lipinski definition) is 3. The smallest absolute Gasteiger partial charge is 0.112 e. The Balaban J connectivity index is 2.05. The van der Waals surface area contributed by atoms with E-state index < -0.39 is 0 Å². The third kappa shape index (κ3) is 1.25. The van der Waals surface area contributed by atoms with Crippen molar-refractivity contribution in [3.8, 4) is 0 Å². The second-order valence-electron chi connectivity index (χ2n) is 3.72. The molecule has 0 aromatic heterocycles. The Hall–Kier alpha value is -0.160. The quantitative estimate of drug-likeness (QED) is 0.460. The fourth-order valence-corrected chi connectivity index (χ4v) is 2.42. The highest BCUT2D eigenvalue weighted by Gasteiger charge is 2.38. The Morgan fingerprint density at radius 3 is 2.50 bits per heavy atom. The number of hydrogen-bond acceptors (Lipinski definition) is 4. The van der Waals surface area contributed by atoms with Crippen LogP contribution in [0.15, 0.2) is 0 Å². The first-order valence-corrected chi connectivity index (χ1v) is 4.74. The SMILES string of the molecule is CNC(N)N1C2CCC1CNC2. The van der Waals surface area contributed by atoms with Gasteiger partial charge in [-0.3, -0.25) is 10.2 Å². The molecular formula is C8H18N4. The number of nitrogens with one attached hydrogen (secondary N) is 2. The van der Waals surface area contributed by atoms with Gasteiger partial charge in [0, 0.05) is 25.2 Å². The number of nitrogens with zero attached hydrogens (tertiary/aromatic N) is 1. The molecule has 0 aliphatic carbocycles. The summed E-state index contributed by atoms with van der Waals surface area (Å²) in [5.74, 6) is 0. The molecule has 2 rings (SSSR count). The Bertz CT molecular complexity index is 145. The van der Waals surface area contributed by atoms with Crippen LogP contribution in [0.5, 0.6) is 0 Å². The van der Waals surface area contributed by atoms with Crippen molar-refractivity contribution in [2.75, 3.05) is 20.1 Å². The van der Waals surface area contributed by atoms with Gasteiger partial charge in [-0.05, 0) is 19.9 Å². The van der Waals surface area contributed by atoms with E-state index in [-0.39, 0.29) is 6.29 Å². The van der Waals surface area contributed by atoms with E-state index in [1.165, 1.54) is 12.8 Å². The molecule has 0 saturated carbocycles. The highest BCUT2D eigenvalue weighted by Crippen LogP contribution is 2.26. The van der Waals surface area contributed by atoms with Gasteiger partial charge in [0.05, 0.1) is 0 Å². The summed E-state index contributed by atoms with van der Waals surface area (Å²) in [6.45, 7) is 2.21. The third-order valence-corrected chi connectivity index (χ3v) is 3.05. The summed E-state index contributed by atoms with van der Waals surface area (Å²) in [7, 11) is 1.92. The van der Waals surface area contributed by atoms with Crippen LogP contribution in [0.3, 0.4) is 0 Å². The fourth-order valence-electron chi connectivity index (χ4n) is 2.42. The summed E-state index contributed by atoms with van der Waals surface area (Å²) < 4.78 is 0. The zero-order valence-corrected chi connectivity index (χ0v) is 7.59. The number of piperazine rings is 1. The van der Waals surface area contributed by atoms with Crippen molar-refractivity contribution in [1.29, 1.82) is 0 Å². The second kappa shape index (κ2) is 3.30. The molecule has 2 fully saturated rings. The van der Waals surface area contributed by atoms with Crippen molar-refractivity contribution in [1.82, 2.24) is 15.5 Å². The minimum Gasteiger partial charge on any atom is -0.314 e. The van der Waals surface area contributed by atoms with E-state index in [4.69, 9.17) is 5.73 Å². The van der Waals surface area contributed by atoms with Gasteiger partial charge in [0.1, 0.15) is 6.29 Å². The molecule has 0 radical (unpaired) electrons. The van der Waals surface area contributed by atoms with E-state index in [1.807, 2.05) is 7.05 Å². The predicted molar refractivity (Wildman–Crippen MR) is 48.6 cm³/mol. The normalized spacial score (nSPS) is 38.5. The van der Waals surface area contributed by atoms with Crippen molar-refractivity contribution in [2.45, 2.75) is 31.2 Å². The van der Waals surface area contributed by atoms with E-state index in [1.54, 1.807) is 0 Å². The Labute approximate surface area is 73.5 Å². The highest BCUT2D eigenvalue weighted by molar-refractivity contribution is 4.95. The minimum atomic E-state index is 0.0459. The van der Waals surface area contributed by atoms with Crippen LogP contribution in [0, 0.1) is 0 Å². The van der Waals surface area contributed by atoms with Crippen LogP contribution in [-0.4, -0.2) is 43.4 Å². The number of nitrogens with two attached hydrogens (primary N) is 1. The van der Waals surface area contributed by atoms with Gasteiger partial charge in [0.15, 0.2) is 0 Å². The Morgan fingerprint density at radius 1 is 1.42 bits per heavy atom. The topological polar surface area (TPSA) is 53.3 Å². The molecule has 4 N–H and O–H groups in total. The third-order valence-electron chi connectivity index (χ3n) is 3.05. The maximum Gasteiger partial charge on any atom is 0.112 e. The maximum absolute atomic E-state index is 5.96. The largest absolute Gasteiger partial charge is 0.314 e. The van der Waals surface area contributed by atoms with E-state index in [0.29, 0.717) is 12.1 Å². The van der Waals surface area contributed by atoms with Crippen molar-refractivity contribution in [2.24, 2.45) is 5.73 Å². The molecule has 0 spiro atoms. The van der Waals surface area contributed by atoms with Gasteiger partial charge in [-0.25, -0.2) is 0 Å². The van der Waals surface area contributed by atoms with Gasteiger partial charge in [-0.15, -0.1) is 0 Å². The Kier molecular flexibility index (Phi) is 2.32. The van der Waals surface area contributed by atoms with Gasteiger partial charge in [-0.2, -0.15) is 0 Å². The molecule has 0 aromatic rings. The van der Waals surface area contributed by atoms with Crippen molar-refractivity contribution in [3.63, 3.8) is 0 Å². The van der Waals surface area contributed by atoms with Crippen molar-refractivity contribution < 1.29 is 0 Å². The average Bonchev–Trinajstić information content (AvgIpc) is 2.35. The van der Waals surface area contributed by atoms with Gasteiger partial charge in [0.25, 0.3) is 0 Å². The zero-order chi connectivity index (χ0) is 8.55. The lowest BCUT2D eigenvalue weighted by Gasteiger charge is -2.38. The lowest BCUT2D eigenvalue weighted by Crippen LogP contribution is -2.62. The summed E-state index contributed by atoms with van der Waals surface area (Å²) in [6, 6.07) is 1.32. The molecular weight excluding hydrogens is 152 g/mol. The first-order valence-electron chi connectivity index (χ1n) is 4.74. The zero-order valence-electron chi connectivity index (χ0n) is 7.59. The van der Waals surface area contributed by atoms with Crippen LogP contribution in [0.2, 0.25) is 0 Å².